The maximum atomic E-state index is 6.17. The van der Waals surface area contributed by atoms with Gasteiger partial charge in [-0.3, -0.25) is 4.99 Å². The molecule has 2 heterocycles. The van der Waals surface area contributed by atoms with Gasteiger partial charge in [-0.25, -0.2) is 0 Å². The van der Waals surface area contributed by atoms with E-state index in [1.54, 1.807) is 7.05 Å². The van der Waals surface area contributed by atoms with E-state index in [9.17, 15) is 0 Å². The van der Waals surface area contributed by atoms with Crippen LogP contribution in [-0.2, 0) is 17.8 Å². The minimum Gasteiger partial charge on any atom is -0.488 e. The molecule has 154 valence electrons. The van der Waals surface area contributed by atoms with Crippen molar-refractivity contribution in [2.24, 2.45) is 4.99 Å². The molecule has 7 nitrogen and oxygen atoms in total. The predicted molar refractivity (Wildman–Crippen MR) is 111 cm³/mol. The second-order valence-electron chi connectivity index (χ2n) is 7.18. The number of nitrogens with one attached hydrogen (secondary N) is 2. The number of rotatable bonds is 6. The molecule has 2 N–H and O–H groups in total. The van der Waals surface area contributed by atoms with E-state index in [1.807, 2.05) is 18.2 Å². The molecule has 7 heteroatoms. The Labute approximate surface area is 171 Å². The zero-order valence-electron chi connectivity index (χ0n) is 16.9. The molecule has 0 saturated carbocycles. The lowest BCUT2D eigenvalue weighted by molar-refractivity contribution is 0.140. The highest BCUT2D eigenvalue weighted by atomic mass is 16.7. The largest absolute Gasteiger partial charge is 0.488 e. The predicted octanol–water partition coefficient (Wildman–Crippen LogP) is 2.76. The smallest absolute Gasteiger partial charge is 0.231 e. The fraction of sp³-hybridized carbons (Fsp3) is 0.409. The summed E-state index contributed by atoms with van der Waals surface area (Å²) in [6, 6.07) is 12.2. The first kappa shape index (κ1) is 19.4. The van der Waals surface area contributed by atoms with E-state index in [0.717, 1.165) is 47.4 Å². The summed E-state index contributed by atoms with van der Waals surface area (Å²) < 4.78 is 22.4. The molecule has 1 fully saturated rings. The number of aliphatic imine (C=N–C) groups is 1. The van der Waals surface area contributed by atoms with Crippen molar-refractivity contribution in [1.29, 1.82) is 0 Å². The van der Waals surface area contributed by atoms with Crippen LogP contribution in [0.3, 0.4) is 0 Å². The Morgan fingerprint density at radius 3 is 2.79 bits per heavy atom. The average molecular weight is 397 g/mol. The molecule has 1 unspecified atom stereocenters. The number of benzene rings is 2. The standard InChI is InChI=1S/C22H27N3O4/c1-15-3-5-17(20(9-15)29-18-7-8-26-13-18)12-25-22(23-2)24-11-16-4-6-19-21(10-16)28-14-27-19/h3-6,9-10,18H,7-8,11-14H2,1-2H3,(H2,23,24,25). The maximum Gasteiger partial charge on any atom is 0.231 e. The van der Waals surface area contributed by atoms with Gasteiger partial charge in [0, 0.05) is 32.1 Å². The lowest BCUT2D eigenvalue weighted by Gasteiger charge is -2.18. The summed E-state index contributed by atoms with van der Waals surface area (Å²) in [5.41, 5.74) is 3.36. The first-order valence-electron chi connectivity index (χ1n) is 9.88. The molecule has 0 amide bonds. The SMILES string of the molecule is CN=C(NCc1ccc2c(c1)OCO2)NCc1ccc(C)cc1OC1CCOC1. The molecule has 0 aromatic heterocycles. The minimum absolute atomic E-state index is 0.124. The van der Waals surface area contributed by atoms with Gasteiger partial charge >= 0.3 is 0 Å². The zero-order valence-corrected chi connectivity index (χ0v) is 16.9. The zero-order chi connectivity index (χ0) is 20.1. The molecule has 0 radical (unpaired) electrons. The van der Waals surface area contributed by atoms with E-state index in [4.69, 9.17) is 18.9 Å². The topological polar surface area (TPSA) is 73.3 Å². The van der Waals surface area contributed by atoms with E-state index in [-0.39, 0.29) is 12.9 Å². The highest BCUT2D eigenvalue weighted by Crippen LogP contribution is 2.32. The molecule has 29 heavy (non-hydrogen) atoms. The summed E-state index contributed by atoms with van der Waals surface area (Å²) in [7, 11) is 1.76. The van der Waals surface area contributed by atoms with Gasteiger partial charge in [-0.1, -0.05) is 18.2 Å². The summed E-state index contributed by atoms with van der Waals surface area (Å²) in [5, 5.41) is 6.70. The van der Waals surface area contributed by atoms with Crippen molar-refractivity contribution in [3.05, 3.63) is 53.1 Å². The Hall–Kier alpha value is -2.93. The normalized spacial score (nSPS) is 18.0. The number of nitrogens with zero attached hydrogens (tertiary/aromatic N) is 1. The Kier molecular flexibility index (Phi) is 6.05. The second-order valence-corrected chi connectivity index (χ2v) is 7.18. The number of hydrogen-bond acceptors (Lipinski definition) is 5. The third-order valence-corrected chi connectivity index (χ3v) is 4.97. The summed E-state index contributed by atoms with van der Waals surface area (Å²) in [6.45, 7) is 5.02. The third-order valence-electron chi connectivity index (χ3n) is 4.97. The number of hydrogen-bond donors (Lipinski definition) is 2. The van der Waals surface area contributed by atoms with E-state index < -0.39 is 0 Å². The molecule has 0 bridgehead atoms. The highest BCUT2D eigenvalue weighted by molar-refractivity contribution is 5.79. The fourth-order valence-electron chi connectivity index (χ4n) is 3.34. The molecule has 4 rings (SSSR count). The molecule has 1 saturated heterocycles. The van der Waals surface area contributed by atoms with Crippen molar-refractivity contribution < 1.29 is 18.9 Å². The summed E-state index contributed by atoms with van der Waals surface area (Å²) in [4.78, 5) is 4.32. The van der Waals surface area contributed by atoms with Gasteiger partial charge in [0.25, 0.3) is 0 Å². The highest BCUT2D eigenvalue weighted by Gasteiger charge is 2.19. The maximum absolute atomic E-state index is 6.17. The van der Waals surface area contributed by atoms with Crippen LogP contribution in [0.25, 0.3) is 0 Å². The van der Waals surface area contributed by atoms with Crippen LogP contribution in [0, 0.1) is 6.92 Å². The molecular formula is C22H27N3O4. The Morgan fingerprint density at radius 2 is 1.97 bits per heavy atom. The van der Waals surface area contributed by atoms with E-state index in [1.165, 1.54) is 5.56 Å². The van der Waals surface area contributed by atoms with Gasteiger partial charge in [-0.2, -0.15) is 0 Å². The van der Waals surface area contributed by atoms with Crippen molar-refractivity contribution in [3.63, 3.8) is 0 Å². The summed E-state index contributed by atoms with van der Waals surface area (Å²) in [5.74, 6) is 3.19. The van der Waals surface area contributed by atoms with Gasteiger partial charge in [-0.15, -0.1) is 0 Å². The monoisotopic (exact) mass is 397 g/mol. The first-order valence-corrected chi connectivity index (χ1v) is 9.88. The minimum atomic E-state index is 0.124. The summed E-state index contributed by atoms with van der Waals surface area (Å²) in [6.07, 6.45) is 1.05. The summed E-state index contributed by atoms with van der Waals surface area (Å²) >= 11 is 0. The second kappa shape index (κ2) is 9.05. The van der Waals surface area contributed by atoms with Crippen LogP contribution in [0.1, 0.15) is 23.1 Å². The van der Waals surface area contributed by atoms with Crippen LogP contribution in [-0.4, -0.2) is 39.1 Å². The number of ether oxygens (including phenoxy) is 4. The van der Waals surface area contributed by atoms with Gasteiger partial charge in [0.05, 0.1) is 13.2 Å². The van der Waals surface area contributed by atoms with Crippen LogP contribution < -0.4 is 24.8 Å². The fourth-order valence-corrected chi connectivity index (χ4v) is 3.34. The van der Waals surface area contributed by atoms with Crippen molar-refractivity contribution in [3.8, 4) is 17.2 Å². The van der Waals surface area contributed by atoms with Crippen LogP contribution in [0.4, 0.5) is 0 Å². The van der Waals surface area contributed by atoms with Gasteiger partial charge in [0.1, 0.15) is 11.9 Å². The lowest BCUT2D eigenvalue weighted by Crippen LogP contribution is -2.36. The van der Waals surface area contributed by atoms with E-state index >= 15 is 0 Å². The number of aryl methyl sites for hydroxylation is 1. The van der Waals surface area contributed by atoms with E-state index in [2.05, 4.69) is 40.7 Å². The van der Waals surface area contributed by atoms with Crippen molar-refractivity contribution in [1.82, 2.24) is 10.6 Å². The van der Waals surface area contributed by atoms with Crippen LogP contribution in [0.15, 0.2) is 41.4 Å². The van der Waals surface area contributed by atoms with Crippen molar-refractivity contribution in [2.75, 3.05) is 27.1 Å². The lowest BCUT2D eigenvalue weighted by atomic mass is 10.1. The molecule has 2 aromatic carbocycles. The molecule has 2 aliphatic heterocycles. The Morgan fingerprint density at radius 1 is 1.10 bits per heavy atom. The van der Waals surface area contributed by atoms with Gasteiger partial charge in [0.2, 0.25) is 6.79 Å². The Bertz CT molecular complexity index is 878. The molecule has 2 aromatic rings. The van der Waals surface area contributed by atoms with Crippen molar-refractivity contribution >= 4 is 5.96 Å². The van der Waals surface area contributed by atoms with Crippen molar-refractivity contribution in [2.45, 2.75) is 32.5 Å². The molecule has 2 aliphatic rings. The molecule has 0 spiro atoms. The quantitative estimate of drug-likeness (QED) is 0.577. The average Bonchev–Trinajstić information content (AvgIpc) is 3.40. The first-order chi connectivity index (χ1) is 14.2. The van der Waals surface area contributed by atoms with Gasteiger partial charge < -0.3 is 29.6 Å². The van der Waals surface area contributed by atoms with Crippen LogP contribution >= 0.6 is 0 Å². The molecular weight excluding hydrogens is 370 g/mol. The Balaban J connectivity index is 1.34. The number of guanidine groups is 1. The number of fused-ring (bicyclic) bond motifs is 1. The molecule has 0 aliphatic carbocycles. The van der Waals surface area contributed by atoms with E-state index in [0.29, 0.717) is 19.7 Å². The third kappa shape index (κ3) is 4.92. The van der Waals surface area contributed by atoms with Gasteiger partial charge in [0.15, 0.2) is 17.5 Å². The van der Waals surface area contributed by atoms with Crippen LogP contribution in [0.5, 0.6) is 17.2 Å². The molecule has 1 atom stereocenters. The van der Waals surface area contributed by atoms with Crippen LogP contribution in [0.2, 0.25) is 0 Å². The van der Waals surface area contributed by atoms with Gasteiger partial charge in [-0.05, 0) is 36.2 Å².